The monoisotopic (exact) mass is 522 g/mol. The highest BCUT2D eigenvalue weighted by Crippen LogP contribution is 2.77. The molecule has 10 unspecified atom stereocenters. The number of carboxylic acid groups (broad SMARTS) is 1. The fourth-order valence-electron chi connectivity index (χ4n) is 8.84. The molecule has 2 saturated heterocycles. The van der Waals surface area contributed by atoms with Gasteiger partial charge >= 0.3 is 17.9 Å². The minimum atomic E-state index is -1.52. The van der Waals surface area contributed by atoms with Gasteiger partial charge in [0.25, 0.3) is 0 Å². The molecule has 5 rings (SSSR count). The van der Waals surface area contributed by atoms with E-state index in [-0.39, 0.29) is 37.0 Å². The topological polar surface area (TPSA) is 180 Å². The molecule has 0 aromatic rings. The lowest BCUT2D eigenvalue weighted by molar-refractivity contribution is -0.243. The summed E-state index contributed by atoms with van der Waals surface area (Å²) in [5.41, 5.74) is -6.66. The van der Waals surface area contributed by atoms with Crippen LogP contribution in [-0.4, -0.2) is 79.9 Å². The van der Waals surface area contributed by atoms with Crippen molar-refractivity contribution in [3.63, 3.8) is 0 Å². The van der Waals surface area contributed by atoms with Crippen LogP contribution in [0.15, 0.2) is 11.6 Å². The second-order valence-corrected chi connectivity index (χ2v) is 12.6. The Kier molecular flexibility index (Phi) is 5.41. The van der Waals surface area contributed by atoms with Crippen LogP contribution in [0.2, 0.25) is 0 Å². The van der Waals surface area contributed by atoms with E-state index in [1.54, 1.807) is 34.6 Å². The molecular weight excluding hydrogens is 488 g/mol. The number of cyclic esters (lactones) is 2. The summed E-state index contributed by atoms with van der Waals surface area (Å²) in [4.78, 5) is 51.4. The Hall–Kier alpha value is -2.34. The van der Waals surface area contributed by atoms with E-state index in [1.807, 2.05) is 0 Å². The maximum Gasteiger partial charge on any atom is 0.340 e. The van der Waals surface area contributed by atoms with Crippen molar-refractivity contribution in [1.82, 2.24) is 0 Å². The van der Waals surface area contributed by atoms with E-state index in [2.05, 4.69) is 0 Å². The van der Waals surface area contributed by atoms with Crippen molar-refractivity contribution in [3.8, 4) is 0 Å². The lowest BCUT2D eigenvalue weighted by atomic mass is 9.36. The van der Waals surface area contributed by atoms with Crippen molar-refractivity contribution in [2.45, 2.75) is 96.1 Å². The number of hydrogen-bond donors (Lipinski definition) is 4. The number of carbonyl (C=O) groups is 4. The van der Waals surface area contributed by atoms with Crippen LogP contribution in [0.3, 0.4) is 0 Å². The van der Waals surface area contributed by atoms with Gasteiger partial charge in [0.1, 0.15) is 17.5 Å². The summed E-state index contributed by atoms with van der Waals surface area (Å²) in [6, 6.07) is 0. The van der Waals surface area contributed by atoms with E-state index < -0.39 is 81.8 Å². The highest BCUT2D eigenvalue weighted by molar-refractivity contribution is 5.96. The van der Waals surface area contributed by atoms with Gasteiger partial charge in [-0.25, -0.2) is 9.59 Å². The third-order valence-corrected chi connectivity index (χ3v) is 10.2. The number of ketones is 1. The molecule has 3 heterocycles. The molecule has 11 heteroatoms. The number of ether oxygens (including phenoxy) is 3. The maximum absolute atomic E-state index is 14.1. The van der Waals surface area contributed by atoms with E-state index in [9.17, 15) is 39.6 Å². The number of carboxylic acids is 1. The molecule has 1 spiro atoms. The first-order chi connectivity index (χ1) is 16.9. The summed E-state index contributed by atoms with van der Waals surface area (Å²) in [7, 11) is 0. The van der Waals surface area contributed by atoms with Gasteiger partial charge in [0, 0.05) is 24.2 Å². The van der Waals surface area contributed by atoms with Gasteiger partial charge in [-0.3, -0.25) is 9.59 Å². The van der Waals surface area contributed by atoms with E-state index in [0.717, 1.165) is 6.08 Å². The first-order valence-corrected chi connectivity index (χ1v) is 12.6. The van der Waals surface area contributed by atoms with Crippen molar-refractivity contribution in [2.24, 2.45) is 28.1 Å². The van der Waals surface area contributed by atoms with E-state index in [1.165, 1.54) is 0 Å². The van der Waals surface area contributed by atoms with E-state index >= 15 is 0 Å². The fraction of sp³-hybridized carbons (Fsp3) is 0.769. The van der Waals surface area contributed by atoms with Crippen molar-refractivity contribution in [1.29, 1.82) is 0 Å². The van der Waals surface area contributed by atoms with Crippen LogP contribution >= 0.6 is 0 Å². The van der Waals surface area contributed by atoms with Crippen LogP contribution in [0, 0.1) is 28.1 Å². The molecule has 0 radical (unpaired) electrons. The van der Waals surface area contributed by atoms with Crippen LogP contribution in [0.4, 0.5) is 0 Å². The first-order valence-electron chi connectivity index (χ1n) is 12.6. The quantitative estimate of drug-likeness (QED) is 0.291. The standard InChI is InChI=1S/C26H34O11/c1-22(2,34)13-9-14(28)25(5)17(23(13,3)7-6-15(29)30)12(27)10-24(4)18(11-8-16(31)35-20(11)32)36-21(33)19-26(24,25)37-19/h8,12-13,16-19,27,31,34H,6-7,9-10H2,1-5H3,(H,29,30). The molecule has 4 fully saturated rings. The zero-order valence-electron chi connectivity index (χ0n) is 21.5. The van der Waals surface area contributed by atoms with E-state index in [0.29, 0.717) is 0 Å². The molecule has 0 aromatic heterocycles. The number of fused-ring (bicyclic) bond motifs is 1. The molecule has 0 bridgehead atoms. The average molecular weight is 523 g/mol. The molecule has 4 N–H and O–H groups in total. The van der Waals surface area contributed by atoms with Crippen molar-refractivity contribution in [2.75, 3.05) is 0 Å². The largest absolute Gasteiger partial charge is 0.481 e. The minimum Gasteiger partial charge on any atom is -0.481 e. The molecule has 204 valence electrons. The van der Waals surface area contributed by atoms with Gasteiger partial charge < -0.3 is 34.6 Å². The number of Topliss-reactive ketones (excluding diaryl/α,β-unsaturated/α-hetero) is 1. The molecule has 3 aliphatic heterocycles. The summed E-state index contributed by atoms with van der Waals surface area (Å²) in [6.45, 7) is 8.26. The number of esters is 2. The zero-order chi connectivity index (χ0) is 27.5. The Morgan fingerprint density at radius 2 is 1.76 bits per heavy atom. The van der Waals surface area contributed by atoms with Gasteiger partial charge in [-0.1, -0.05) is 13.8 Å². The summed E-state index contributed by atoms with van der Waals surface area (Å²) < 4.78 is 16.6. The molecule has 0 aromatic carbocycles. The summed E-state index contributed by atoms with van der Waals surface area (Å²) in [6.07, 6.45) is -4.26. The highest BCUT2D eigenvalue weighted by Gasteiger charge is 2.89. The van der Waals surface area contributed by atoms with Crippen LogP contribution in [0.1, 0.15) is 60.3 Å². The van der Waals surface area contributed by atoms with Crippen LogP contribution in [0.25, 0.3) is 0 Å². The minimum absolute atomic E-state index is 0.0447. The molecule has 11 nitrogen and oxygen atoms in total. The van der Waals surface area contributed by atoms with Gasteiger partial charge in [-0.15, -0.1) is 0 Å². The Morgan fingerprint density at radius 1 is 1.11 bits per heavy atom. The third-order valence-electron chi connectivity index (χ3n) is 10.2. The fourth-order valence-corrected chi connectivity index (χ4v) is 8.84. The van der Waals surface area contributed by atoms with Crippen molar-refractivity contribution < 1.29 is 53.8 Å². The molecular formula is C26H34O11. The van der Waals surface area contributed by atoms with Crippen LogP contribution in [0.5, 0.6) is 0 Å². The zero-order valence-corrected chi connectivity index (χ0v) is 21.5. The number of rotatable bonds is 5. The van der Waals surface area contributed by atoms with Gasteiger partial charge in [0.05, 0.1) is 22.7 Å². The Bertz CT molecular complexity index is 1120. The van der Waals surface area contributed by atoms with Crippen molar-refractivity contribution in [3.05, 3.63) is 11.6 Å². The number of hydrogen-bond acceptors (Lipinski definition) is 10. The lowest BCUT2D eigenvalue weighted by Gasteiger charge is -2.67. The maximum atomic E-state index is 14.1. The van der Waals surface area contributed by atoms with Gasteiger partial charge in [0.2, 0.25) is 6.29 Å². The van der Waals surface area contributed by atoms with Crippen molar-refractivity contribution >= 4 is 23.7 Å². The van der Waals surface area contributed by atoms with Crippen LogP contribution < -0.4 is 0 Å². The number of carbonyl (C=O) groups excluding carboxylic acids is 3. The second kappa shape index (κ2) is 7.62. The molecule has 5 aliphatic rings. The van der Waals surface area contributed by atoms with Crippen LogP contribution in [-0.2, 0) is 33.4 Å². The number of epoxide rings is 1. The number of aliphatic hydroxyl groups is 3. The summed E-state index contributed by atoms with van der Waals surface area (Å²) in [5.74, 6) is -4.54. The predicted molar refractivity (Wildman–Crippen MR) is 122 cm³/mol. The van der Waals surface area contributed by atoms with Gasteiger partial charge in [0.15, 0.2) is 6.10 Å². The van der Waals surface area contributed by atoms with Gasteiger partial charge in [-0.05, 0) is 51.0 Å². The molecule has 2 aliphatic carbocycles. The Labute approximate surface area is 213 Å². The molecule has 10 atom stereocenters. The lowest BCUT2D eigenvalue weighted by Crippen LogP contribution is -2.75. The Morgan fingerprint density at radius 3 is 2.30 bits per heavy atom. The molecule has 2 saturated carbocycles. The highest BCUT2D eigenvalue weighted by atomic mass is 16.7. The van der Waals surface area contributed by atoms with E-state index in [4.69, 9.17) is 14.2 Å². The number of aliphatic carboxylic acids is 1. The van der Waals surface area contributed by atoms with Gasteiger partial charge in [-0.2, -0.15) is 0 Å². The Balaban J connectivity index is 1.69. The summed E-state index contributed by atoms with van der Waals surface area (Å²) >= 11 is 0. The molecule has 37 heavy (non-hydrogen) atoms. The number of aliphatic hydroxyl groups excluding tert-OH is 2. The summed E-state index contributed by atoms with van der Waals surface area (Å²) in [5, 5.41) is 42.2. The third kappa shape index (κ3) is 3.14. The predicted octanol–water partition coefficient (Wildman–Crippen LogP) is 0.475. The first kappa shape index (κ1) is 26.3. The second-order valence-electron chi connectivity index (χ2n) is 12.6. The smallest absolute Gasteiger partial charge is 0.340 e. The molecule has 0 amide bonds. The normalized spacial score (nSPS) is 48.8. The SMILES string of the molecule is CC(C)(O)C1CC(=O)C2(C)C(C(O)CC3(C)C(C4=CC(O)OC4=O)OC(=O)C4OC432)C1(C)CCC(=O)O. The average Bonchev–Trinajstić information content (AvgIpc) is 3.46.